The molecule has 0 atom stereocenters. The van der Waals surface area contributed by atoms with Crippen LogP contribution in [-0.4, -0.2) is 45.7 Å². The predicted octanol–water partition coefficient (Wildman–Crippen LogP) is 2.54. The molecule has 6 nitrogen and oxygen atoms in total. The van der Waals surface area contributed by atoms with Crippen LogP contribution in [0.1, 0.15) is 43.3 Å². The molecule has 1 N–H and O–H groups in total. The average Bonchev–Trinajstić information content (AvgIpc) is 3.41. The smallest absolute Gasteiger partial charge is 0.260 e. The van der Waals surface area contributed by atoms with Crippen molar-refractivity contribution in [2.24, 2.45) is 5.92 Å². The molecule has 2 heterocycles. The third-order valence-electron chi connectivity index (χ3n) is 5.05. The third-order valence-corrected chi connectivity index (χ3v) is 5.05. The van der Waals surface area contributed by atoms with E-state index in [-0.39, 0.29) is 12.5 Å². The van der Waals surface area contributed by atoms with Gasteiger partial charge in [0.05, 0.1) is 0 Å². The van der Waals surface area contributed by atoms with Crippen molar-refractivity contribution in [1.29, 1.82) is 0 Å². The summed E-state index contributed by atoms with van der Waals surface area (Å²) in [6, 6.07) is 9.48. The van der Waals surface area contributed by atoms with Crippen LogP contribution in [0.4, 0.5) is 0 Å². The fraction of sp³-hybridized carbons (Fsp3) is 0.526. The number of piperidine rings is 1. The van der Waals surface area contributed by atoms with Crippen molar-refractivity contribution in [3.63, 3.8) is 0 Å². The van der Waals surface area contributed by atoms with E-state index in [1.165, 1.54) is 12.8 Å². The second kappa shape index (κ2) is 7.25. The predicted molar refractivity (Wildman–Crippen MR) is 93.3 cm³/mol. The van der Waals surface area contributed by atoms with Gasteiger partial charge in [-0.05, 0) is 43.7 Å². The van der Waals surface area contributed by atoms with Crippen LogP contribution in [0, 0.1) is 5.92 Å². The first-order valence-electron chi connectivity index (χ1n) is 9.15. The van der Waals surface area contributed by atoms with E-state index in [2.05, 4.69) is 15.2 Å². The Bertz CT molecular complexity index is 703. The summed E-state index contributed by atoms with van der Waals surface area (Å²) in [6.07, 6.45) is 5.40. The van der Waals surface area contributed by atoms with Crippen LogP contribution in [0.5, 0.6) is 5.75 Å². The largest absolute Gasteiger partial charge is 0.484 e. The minimum atomic E-state index is 0.0676. The molecule has 1 aliphatic heterocycles. The van der Waals surface area contributed by atoms with E-state index >= 15 is 0 Å². The van der Waals surface area contributed by atoms with Gasteiger partial charge in [-0.1, -0.05) is 18.2 Å². The molecule has 0 spiro atoms. The molecule has 0 bridgehead atoms. The lowest BCUT2D eigenvalue weighted by molar-refractivity contribution is -0.134. The number of hydrogen-bond donors (Lipinski definition) is 1. The molecule has 25 heavy (non-hydrogen) atoms. The Balaban J connectivity index is 1.21. The summed E-state index contributed by atoms with van der Waals surface area (Å²) in [7, 11) is 0. The highest BCUT2D eigenvalue weighted by Crippen LogP contribution is 2.37. The number of likely N-dealkylation sites (tertiary alicyclic amines) is 1. The molecule has 1 saturated heterocycles. The molecule has 1 aromatic carbocycles. The van der Waals surface area contributed by atoms with Crippen molar-refractivity contribution in [2.75, 3.05) is 19.7 Å². The normalized spacial score (nSPS) is 18.3. The van der Waals surface area contributed by atoms with Crippen LogP contribution >= 0.6 is 0 Å². The number of H-pyrrole nitrogens is 1. The molecule has 0 radical (unpaired) electrons. The summed E-state index contributed by atoms with van der Waals surface area (Å²) < 4.78 is 5.56. The van der Waals surface area contributed by atoms with E-state index < -0.39 is 0 Å². The molecule has 6 heteroatoms. The van der Waals surface area contributed by atoms with E-state index in [1.54, 1.807) is 0 Å². The van der Waals surface area contributed by atoms with Crippen LogP contribution in [0.3, 0.4) is 0 Å². The van der Waals surface area contributed by atoms with E-state index in [0.717, 1.165) is 49.8 Å². The molecule has 2 aliphatic rings. The van der Waals surface area contributed by atoms with Crippen LogP contribution < -0.4 is 4.74 Å². The summed E-state index contributed by atoms with van der Waals surface area (Å²) in [4.78, 5) is 18.8. The standard InChI is InChI=1S/C19H24N4O2/c24-18(13-25-16-4-2-1-3-5-16)23-10-8-14(9-11-23)12-17-20-19(22-21-17)15-6-7-15/h1-5,14-15H,6-13H2,(H,20,21,22). The maximum Gasteiger partial charge on any atom is 0.260 e. The van der Waals surface area contributed by atoms with Crippen LogP contribution in [0.15, 0.2) is 30.3 Å². The summed E-state index contributed by atoms with van der Waals surface area (Å²) >= 11 is 0. The topological polar surface area (TPSA) is 71.1 Å². The van der Waals surface area contributed by atoms with Crippen molar-refractivity contribution in [3.05, 3.63) is 42.0 Å². The second-order valence-electron chi connectivity index (χ2n) is 7.04. The second-order valence-corrected chi connectivity index (χ2v) is 7.04. The molecule has 132 valence electrons. The Morgan fingerprint density at radius 1 is 1.16 bits per heavy atom. The van der Waals surface area contributed by atoms with Gasteiger partial charge in [-0.25, -0.2) is 4.98 Å². The number of rotatable bonds is 6. The molecule has 2 fully saturated rings. The van der Waals surface area contributed by atoms with Gasteiger partial charge in [0.25, 0.3) is 5.91 Å². The van der Waals surface area contributed by atoms with E-state index in [1.807, 2.05) is 35.2 Å². The number of benzene rings is 1. The average molecular weight is 340 g/mol. The lowest BCUT2D eigenvalue weighted by atomic mass is 9.93. The molecule has 4 rings (SSSR count). The van der Waals surface area contributed by atoms with Crippen LogP contribution in [0.2, 0.25) is 0 Å². The molecule has 2 aromatic rings. The maximum absolute atomic E-state index is 12.3. The number of carbonyl (C=O) groups is 1. The van der Waals surface area contributed by atoms with Gasteiger partial charge in [-0.2, -0.15) is 5.10 Å². The summed E-state index contributed by atoms with van der Waals surface area (Å²) in [5, 5.41) is 7.41. The van der Waals surface area contributed by atoms with E-state index in [0.29, 0.717) is 11.8 Å². The Kier molecular flexibility index (Phi) is 4.68. The quantitative estimate of drug-likeness (QED) is 0.877. The highest BCUT2D eigenvalue weighted by Gasteiger charge is 2.29. The summed E-state index contributed by atoms with van der Waals surface area (Å²) in [5.74, 6) is 3.95. The minimum absolute atomic E-state index is 0.0676. The summed E-state index contributed by atoms with van der Waals surface area (Å²) in [6.45, 7) is 1.71. The van der Waals surface area contributed by atoms with Gasteiger partial charge in [0.15, 0.2) is 12.4 Å². The lowest BCUT2D eigenvalue weighted by Gasteiger charge is -2.31. The van der Waals surface area contributed by atoms with Crippen molar-refractivity contribution in [3.8, 4) is 5.75 Å². The SMILES string of the molecule is O=C(COc1ccccc1)N1CCC(Cc2nc(C3CC3)n[nH]2)CC1. The zero-order valence-electron chi connectivity index (χ0n) is 14.4. The minimum Gasteiger partial charge on any atom is -0.484 e. The number of nitrogens with one attached hydrogen (secondary N) is 1. The van der Waals surface area contributed by atoms with Gasteiger partial charge in [-0.3, -0.25) is 9.89 Å². The molecule has 1 saturated carbocycles. The Morgan fingerprint density at radius 2 is 1.92 bits per heavy atom. The Hall–Kier alpha value is -2.37. The van der Waals surface area contributed by atoms with Gasteiger partial charge >= 0.3 is 0 Å². The highest BCUT2D eigenvalue weighted by molar-refractivity contribution is 5.77. The first kappa shape index (κ1) is 16.1. The number of ether oxygens (including phenoxy) is 1. The zero-order valence-corrected chi connectivity index (χ0v) is 14.4. The van der Waals surface area contributed by atoms with E-state index in [4.69, 9.17) is 4.74 Å². The molecular formula is C19H24N4O2. The fourth-order valence-electron chi connectivity index (χ4n) is 3.34. The lowest BCUT2D eigenvalue weighted by Crippen LogP contribution is -2.41. The van der Waals surface area contributed by atoms with Gasteiger partial charge < -0.3 is 9.64 Å². The highest BCUT2D eigenvalue weighted by atomic mass is 16.5. The molecule has 0 unspecified atom stereocenters. The zero-order chi connectivity index (χ0) is 17.1. The monoisotopic (exact) mass is 340 g/mol. The third kappa shape index (κ3) is 4.18. The molecule has 1 aliphatic carbocycles. The van der Waals surface area contributed by atoms with Crippen molar-refractivity contribution in [2.45, 2.75) is 38.0 Å². The summed E-state index contributed by atoms with van der Waals surface area (Å²) in [5.41, 5.74) is 0. The first-order chi connectivity index (χ1) is 12.3. The van der Waals surface area contributed by atoms with Crippen molar-refractivity contribution >= 4 is 5.91 Å². The van der Waals surface area contributed by atoms with Crippen LogP contribution in [0.25, 0.3) is 0 Å². The van der Waals surface area contributed by atoms with E-state index in [9.17, 15) is 4.79 Å². The number of para-hydroxylation sites is 1. The van der Waals surface area contributed by atoms with Gasteiger partial charge in [0, 0.05) is 25.4 Å². The van der Waals surface area contributed by atoms with Crippen molar-refractivity contribution in [1.82, 2.24) is 20.1 Å². The fourth-order valence-corrected chi connectivity index (χ4v) is 3.34. The van der Waals surface area contributed by atoms with Gasteiger partial charge in [-0.15, -0.1) is 0 Å². The first-order valence-corrected chi connectivity index (χ1v) is 9.15. The number of aromatic nitrogens is 3. The van der Waals surface area contributed by atoms with Crippen molar-refractivity contribution < 1.29 is 9.53 Å². The molecular weight excluding hydrogens is 316 g/mol. The molecule has 1 amide bonds. The molecule has 1 aromatic heterocycles. The van der Waals surface area contributed by atoms with Crippen LogP contribution in [-0.2, 0) is 11.2 Å². The number of amides is 1. The number of carbonyl (C=O) groups excluding carboxylic acids is 1. The Labute approximate surface area is 147 Å². The van der Waals surface area contributed by atoms with Gasteiger partial charge in [0.2, 0.25) is 0 Å². The number of hydrogen-bond acceptors (Lipinski definition) is 4. The number of nitrogens with zero attached hydrogens (tertiary/aromatic N) is 3. The Morgan fingerprint density at radius 3 is 2.64 bits per heavy atom. The maximum atomic E-state index is 12.3. The van der Waals surface area contributed by atoms with Gasteiger partial charge in [0.1, 0.15) is 11.6 Å². The number of aromatic amines is 1.